The molecule has 1 aliphatic heterocycles. The van der Waals surface area contributed by atoms with Gasteiger partial charge in [0, 0.05) is 12.8 Å². The lowest BCUT2D eigenvalue weighted by Gasteiger charge is -2.40. The summed E-state index contributed by atoms with van der Waals surface area (Å²) in [5.41, 5.74) is 0. The van der Waals surface area contributed by atoms with E-state index in [1.807, 2.05) is 6.08 Å². The van der Waals surface area contributed by atoms with E-state index in [1.165, 1.54) is 103 Å². The predicted molar refractivity (Wildman–Crippen MR) is 292 cm³/mol. The minimum absolute atomic E-state index is 0.0454. The molecule has 7 atom stereocenters. The average molecular weight is 1000 g/mol. The third-order valence-electron chi connectivity index (χ3n) is 13.0. The van der Waals surface area contributed by atoms with Gasteiger partial charge in [-0.25, -0.2) is 0 Å². The monoisotopic (exact) mass is 1000 g/mol. The van der Waals surface area contributed by atoms with E-state index < -0.39 is 49.5 Å². The summed E-state index contributed by atoms with van der Waals surface area (Å²) < 4.78 is 16.6. The van der Waals surface area contributed by atoms with Crippen LogP contribution in [0.25, 0.3) is 0 Å². The molecule has 0 saturated carbocycles. The lowest BCUT2D eigenvalue weighted by atomic mass is 9.99. The van der Waals surface area contributed by atoms with Crippen LogP contribution in [0, 0.1) is 0 Å². The first-order valence-corrected chi connectivity index (χ1v) is 28.7. The second-order valence-electron chi connectivity index (χ2n) is 19.6. The predicted octanol–water partition coefficient (Wildman–Crippen LogP) is 12.8. The molecule has 0 aromatic carbocycles. The van der Waals surface area contributed by atoms with Crippen molar-refractivity contribution < 1.29 is 49.3 Å². The molecule has 7 unspecified atom stereocenters. The summed E-state index contributed by atoms with van der Waals surface area (Å²) in [7, 11) is 0. The summed E-state index contributed by atoms with van der Waals surface area (Å²) in [5.74, 6) is -0.251. The molecule has 0 radical (unpaired) electrons. The number of amides is 1. The van der Waals surface area contributed by atoms with Crippen LogP contribution in [0.1, 0.15) is 232 Å². The number of carbonyl (C=O) groups excluding carboxylic acids is 2. The Morgan fingerprint density at radius 3 is 1.62 bits per heavy atom. The van der Waals surface area contributed by atoms with Crippen LogP contribution in [0.5, 0.6) is 0 Å². The number of unbranched alkanes of at least 4 members (excludes halogenated alkanes) is 25. The maximum absolute atomic E-state index is 13.0. The summed E-state index contributed by atoms with van der Waals surface area (Å²) in [5, 5.41) is 54.2. The Balaban J connectivity index is 2.12. The number of aliphatic hydroxyl groups is 5. The Morgan fingerprint density at radius 1 is 0.535 bits per heavy atom. The van der Waals surface area contributed by atoms with Crippen LogP contribution in [0.3, 0.4) is 0 Å². The highest BCUT2D eigenvalue weighted by Gasteiger charge is 2.44. The van der Waals surface area contributed by atoms with Crippen LogP contribution < -0.4 is 5.32 Å². The first kappa shape index (κ1) is 66.1. The van der Waals surface area contributed by atoms with Gasteiger partial charge in [-0.05, 0) is 103 Å². The van der Waals surface area contributed by atoms with Gasteiger partial charge in [-0.15, -0.1) is 0 Å². The number of esters is 1. The van der Waals surface area contributed by atoms with Crippen LogP contribution in [-0.2, 0) is 23.8 Å². The van der Waals surface area contributed by atoms with Crippen molar-refractivity contribution in [3.05, 3.63) is 72.9 Å². The second kappa shape index (κ2) is 49.3. The summed E-state index contributed by atoms with van der Waals surface area (Å²) in [6.45, 7) is 4.17. The van der Waals surface area contributed by atoms with E-state index in [0.29, 0.717) is 19.4 Å². The highest BCUT2D eigenvalue weighted by Crippen LogP contribution is 2.23. The van der Waals surface area contributed by atoms with E-state index in [1.54, 1.807) is 6.08 Å². The first-order valence-electron chi connectivity index (χ1n) is 28.7. The highest BCUT2D eigenvalue weighted by atomic mass is 16.7. The van der Waals surface area contributed by atoms with Gasteiger partial charge >= 0.3 is 5.97 Å². The fourth-order valence-electron chi connectivity index (χ4n) is 8.42. The number of ether oxygens (including phenoxy) is 3. The standard InChI is InChI=1S/C60H105NO10/c1-3-5-7-9-11-13-15-23-28-32-36-40-44-48-56(65)69-49-45-41-37-33-29-25-22-20-18-16-17-19-21-24-27-31-35-39-43-47-55(64)61-52(51-70-60-59(68)58(67)57(66)54(50-62)71-60)53(63)46-42-38-34-30-26-14-12-10-8-6-4-2/h7,9,13,15,20,22,25-26,29-30,42,46,52-54,57-60,62-63,66-68H,3-6,8,10-12,14,16-19,21,23-24,27-28,31-41,43-45,47-51H2,1-2H3,(H,61,64)/b9-7-,15-13-,22-20-,29-25-,30-26+,46-42+. The van der Waals surface area contributed by atoms with Gasteiger partial charge in [0.15, 0.2) is 6.29 Å². The van der Waals surface area contributed by atoms with Crippen LogP contribution >= 0.6 is 0 Å². The van der Waals surface area contributed by atoms with Crippen molar-refractivity contribution in [3.8, 4) is 0 Å². The van der Waals surface area contributed by atoms with Crippen LogP contribution in [-0.4, -0.2) is 100 Å². The van der Waals surface area contributed by atoms with Gasteiger partial charge in [-0.3, -0.25) is 9.59 Å². The van der Waals surface area contributed by atoms with Gasteiger partial charge < -0.3 is 45.1 Å². The average Bonchev–Trinajstić information content (AvgIpc) is 3.37. The van der Waals surface area contributed by atoms with Crippen molar-refractivity contribution >= 4 is 11.9 Å². The van der Waals surface area contributed by atoms with Crippen LogP contribution in [0.2, 0.25) is 0 Å². The second-order valence-corrected chi connectivity index (χ2v) is 19.6. The van der Waals surface area contributed by atoms with E-state index in [2.05, 4.69) is 79.9 Å². The normalized spacial score (nSPS) is 19.7. The minimum atomic E-state index is -1.58. The van der Waals surface area contributed by atoms with Crippen molar-refractivity contribution in [2.24, 2.45) is 0 Å². The van der Waals surface area contributed by atoms with Crippen molar-refractivity contribution in [3.63, 3.8) is 0 Å². The Labute approximate surface area is 432 Å². The van der Waals surface area contributed by atoms with E-state index in [-0.39, 0.29) is 18.5 Å². The largest absolute Gasteiger partial charge is 0.466 e. The van der Waals surface area contributed by atoms with Gasteiger partial charge in [-0.1, -0.05) is 189 Å². The molecule has 0 bridgehead atoms. The summed E-state index contributed by atoms with van der Waals surface area (Å²) in [4.78, 5) is 25.0. The Kier molecular flexibility index (Phi) is 45.9. The molecular formula is C60H105NO10. The molecule has 1 rings (SSSR count). The minimum Gasteiger partial charge on any atom is -0.466 e. The quantitative estimate of drug-likeness (QED) is 0.0149. The van der Waals surface area contributed by atoms with Crippen molar-refractivity contribution in [2.75, 3.05) is 19.8 Å². The number of aliphatic hydroxyl groups excluding tert-OH is 5. The maximum Gasteiger partial charge on any atom is 0.305 e. The number of rotatable bonds is 48. The van der Waals surface area contributed by atoms with Crippen molar-refractivity contribution in [1.82, 2.24) is 5.32 Å². The zero-order valence-electron chi connectivity index (χ0n) is 44.9. The number of carbonyl (C=O) groups is 2. The first-order chi connectivity index (χ1) is 34.7. The third kappa shape index (κ3) is 39.3. The molecular weight excluding hydrogens is 895 g/mol. The fourth-order valence-corrected chi connectivity index (χ4v) is 8.42. The molecule has 0 spiro atoms. The van der Waals surface area contributed by atoms with Crippen LogP contribution in [0.4, 0.5) is 0 Å². The zero-order chi connectivity index (χ0) is 51.7. The molecule has 1 heterocycles. The topological polar surface area (TPSA) is 175 Å². The smallest absolute Gasteiger partial charge is 0.305 e. The number of hydrogen-bond donors (Lipinski definition) is 6. The van der Waals surface area contributed by atoms with Gasteiger partial charge in [0.1, 0.15) is 24.4 Å². The lowest BCUT2D eigenvalue weighted by Crippen LogP contribution is -2.60. The number of nitrogens with one attached hydrogen (secondary N) is 1. The van der Waals surface area contributed by atoms with E-state index in [9.17, 15) is 35.1 Å². The molecule has 1 fully saturated rings. The third-order valence-corrected chi connectivity index (χ3v) is 13.0. The Morgan fingerprint density at radius 2 is 1.03 bits per heavy atom. The van der Waals surface area contributed by atoms with Gasteiger partial charge in [0.05, 0.1) is 32.0 Å². The zero-order valence-corrected chi connectivity index (χ0v) is 44.9. The van der Waals surface area contributed by atoms with Gasteiger partial charge in [0.2, 0.25) is 5.91 Å². The summed E-state index contributed by atoms with van der Waals surface area (Å²) in [6, 6.07) is -0.836. The van der Waals surface area contributed by atoms with Crippen molar-refractivity contribution in [2.45, 2.75) is 275 Å². The van der Waals surface area contributed by atoms with Crippen molar-refractivity contribution in [1.29, 1.82) is 0 Å². The SMILES string of the molecule is CCC/C=C\C/C=C\CCCCCCCC(=O)OCCCCC/C=C\C=C/CCCCCCCCCCCCC(=O)NC(COC1OC(CO)C(O)C(O)C1O)C(O)/C=C/CC/C=C/CCCCCCC. The van der Waals surface area contributed by atoms with E-state index >= 15 is 0 Å². The highest BCUT2D eigenvalue weighted by molar-refractivity contribution is 5.76. The number of allylic oxidation sites excluding steroid dienone is 11. The molecule has 1 aliphatic rings. The summed E-state index contributed by atoms with van der Waals surface area (Å²) in [6.07, 6.45) is 54.2. The Bertz CT molecular complexity index is 1410. The van der Waals surface area contributed by atoms with E-state index in [0.717, 1.165) is 103 Å². The molecule has 11 heteroatoms. The molecule has 0 aromatic rings. The lowest BCUT2D eigenvalue weighted by molar-refractivity contribution is -0.302. The molecule has 0 aromatic heterocycles. The molecule has 1 saturated heterocycles. The van der Waals surface area contributed by atoms with Gasteiger partial charge in [0.25, 0.3) is 0 Å². The molecule has 71 heavy (non-hydrogen) atoms. The molecule has 0 aliphatic carbocycles. The molecule has 1 amide bonds. The fraction of sp³-hybridized carbons (Fsp3) is 0.767. The molecule has 410 valence electrons. The number of hydrogen-bond acceptors (Lipinski definition) is 10. The van der Waals surface area contributed by atoms with Crippen LogP contribution in [0.15, 0.2) is 72.9 Å². The summed E-state index contributed by atoms with van der Waals surface area (Å²) >= 11 is 0. The Hall–Kier alpha value is -2.90. The molecule has 6 N–H and O–H groups in total. The van der Waals surface area contributed by atoms with Gasteiger partial charge in [-0.2, -0.15) is 0 Å². The van der Waals surface area contributed by atoms with E-state index in [4.69, 9.17) is 14.2 Å². The maximum atomic E-state index is 13.0. The molecule has 11 nitrogen and oxygen atoms in total.